The molecule has 0 aliphatic carbocycles. The monoisotopic (exact) mass is 246 g/mol. The van der Waals surface area contributed by atoms with E-state index in [9.17, 15) is 4.79 Å². The van der Waals surface area contributed by atoms with Crippen LogP contribution in [0.2, 0.25) is 0 Å². The van der Waals surface area contributed by atoms with Gasteiger partial charge in [0.2, 0.25) is 5.91 Å². The highest BCUT2D eigenvalue weighted by Crippen LogP contribution is 2.09. The van der Waals surface area contributed by atoms with Gasteiger partial charge in [-0.05, 0) is 36.6 Å². The third-order valence-electron chi connectivity index (χ3n) is 2.94. The number of amides is 1. The Labute approximate surface area is 107 Å². The van der Waals surface area contributed by atoms with Crippen molar-refractivity contribution in [3.63, 3.8) is 0 Å². The molecule has 2 rings (SSSR count). The second kappa shape index (κ2) is 6.21. The third kappa shape index (κ3) is 3.60. The van der Waals surface area contributed by atoms with Gasteiger partial charge in [0.15, 0.2) is 0 Å². The van der Waals surface area contributed by atoms with Gasteiger partial charge in [-0.1, -0.05) is 12.1 Å². The van der Waals surface area contributed by atoms with E-state index in [-0.39, 0.29) is 6.10 Å². The first kappa shape index (κ1) is 12.6. The summed E-state index contributed by atoms with van der Waals surface area (Å²) in [6.07, 6.45) is 6.17. The Morgan fingerprint density at radius 1 is 1.50 bits per heavy atom. The minimum absolute atomic E-state index is 0.245. The minimum atomic E-state index is -0.391. The molecule has 3 N–H and O–H groups in total. The summed E-state index contributed by atoms with van der Waals surface area (Å²) in [5.74, 6) is -0.391. The lowest BCUT2D eigenvalue weighted by molar-refractivity contribution is 0.1000. The zero-order chi connectivity index (χ0) is 12.8. The van der Waals surface area contributed by atoms with Crippen molar-refractivity contribution in [1.29, 1.82) is 0 Å². The second-order valence-electron chi connectivity index (χ2n) is 4.40. The average Bonchev–Trinajstić information content (AvgIpc) is 2.40. The molecule has 1 aromatic carbocycles. The van der Waals surface area contributed by atoms with E-state index in [1.807, 2.05) is 24.3 Å². The van der Waals surface area contributed by atoms with Crippen molar-refractivity contribution < 1.29 is 9.53 Å². The van der Waals surface area contributed by atoms with Gasteiger partial charge >= 0.3 is 0 Å². The molecule has 0 spiro atoms. The van der Waals surface area contributed by atoms with Crippen molar-refractivity contribution >= 4 is 5.91 Å². The summed E-state index contributed by atoms with van der Waals surface area (Å²) >= 11 is 0. The molecular weight excluding hydrogens is 228 g/mol. The van der Waals surface area contributed by atoms with Crippen molar-refractivity contribution in [3.05, 3.63) is 47.7 Å². The number of ether oxygens (including phenoxy) is 1. The van der Waals surface area contributed by atoms with Crippen LogP contribution in [0.3, 0.4) is 0 Å². The molecule has 1 aromatic rings. The summed E-state index contributed by atoms with van der Waals surface area (Å²) in [5, 5.41) is 3.33. The first-order chi connectivity index (χ1) is 8.75. The average molecular weight is 246 g/mol. The molecule has 1 unspecified atom stereocenters. The molecule has 1 amide bonds. The van der Waals surface area contributed by atoms with Gasteiger partial charge in [0.25, 0.3) is 0 Å². The van der Waals surface area contributed by atoms with E-state index < -0.39 is 5.91 Å². The van der Waals surface area contributed by atoms with Gasteiger partial charge in [-0.2, -0.15) is 0 Å². The number of carbonyl (C=O) groups excluding carboxylic acids is 1. The molecule has 1 atom stereocenters. The fraction of sp³-hybridized carbons (Fsp3) is 0.357. The Morgan fingerprint density at radius 2 is 2.39 bits per heavy atom. The molecule has 1 aliphatic rings. The number of benzene rings is 1. The van der Waals surface area contributed by atoms with Gasteiger partial charge in [0.1, 0.15) is 6.10 Å². The quantitative estimate of drug-likeness (QED) is 0.828. The van der Waals surface area contributed by atoms with Crippen LogP contribution in [-0.4, -0.2) is 18.6 Å². The van der Waals surface area contributed by atoms with Gasteiger partial charge in [-0.3, -0.25) is 4.79 Å². The summed E-state index contributed by atoms with van der Waals surface area (Å²) in [4.78, 5) is 11.0. The SMILES string of the molecule is NC(=O)c1cccc(CNCC2CCC=CO2)c1. The van der Waals surface area contributed by atoms with Crippen LogP contribution in [0.25, 0.3) is 0 Å². The number of primary amides is 1. The lowest BCUT2D eigenvalue weighted by Crippen LogP contribution is -2.28. The Balaban J connectivity index is 1.81. The normalized spacial score (nSPS) is 18.3. The molecule has 4 nitrogen and oxygen atoms in total. The van der Waals surface area contributed by atoms with Crippen molar-refractivity contribution in [2.24, 2.45) is 5.73 Å². The maximum Gasteiger partial charge on any atom is 0.248 e. The first-order valence-corrected chi connectivity index (χ1v) is 6.15. The summed E-state index contributed by atoms with van der Waals surface area (Å²) in [6, 6.07) is 7.36. The molecule has 18 heavy (non-hydrogen) atoms. The summed E-state index contributed by atoms with van der Waals surface area (Å²) < 4.78 is 5.46. The number of hydrogen-bond acceptors (Lipinski definition) is 3. The van der Waals surface area contributed by atoms with E-state index in [1.165, 1.54) is 0 Å². The molecule has 4 heteroatoms. The molecule has 0 bridgehead atoms. The zero-order valence-corrected chi connectivity index (χ0v) is 10.3. The lowest BCUT2D eigenvalue weighted by atomic mass is 10.1. The number of carbonyl (C=O) groups is 1. The number of nitrogens with two attached hydrogens (primary N) is 1. The van der Waals surface area contributed by atoms with Crippen LogP contribution in [0.1, 0.15) is 28.8 Å². The number of rotatable bonds is 5. The summed E-state index contributed by atoms with van der Waals surface area (Å²) in [5.41, 5.74) is 6.84. The van der Waals surface area contributed by atoms with E-state index >= 15 is 0 Å². The van der Waals surface area contributed by atoms with E-state index in [4.69, 9.17) is 10.5 Å². The summed E-state index contributed by atoms with van der Waals surface area (Å²) in [6.45, 7) is 1.52. The molecule has 1 heterocycles. The van der Waals surface area contributed by atoms with Crippen LogP contribution in [0.4, 0.5) is 0 Å². The topological polar surface area (TPSA) is 64.4 Å². The van der Waals surface area contributed by atoms with Crippen LogP contribution in [-0.2, 0) is 11.3 Å². The Bertz CT molecular complexity index is 443. The van der Waals surface area contributed by atoms with E-state index in [0.29, 0.717) is 12.1 Å². The molecule has 96 valence electrons. The molecule has 0 radical (unpaired) electrons. The Morgan fingerprint density at radius 3 is 3.11 bits per heavy atom. The predicted molar refractivity (Wildman–Crippen MR) is 69.9 cm³/mol. The molecule has 0 saturated heterocycles. The molecule has 1 aliphatic heterocycles. The van der Waals surface area contributed by atoms with E-state index in [1.54, 1.807) is 12.3 Å². The Kier molecular flexibility index (Phi) is 4.36. The number of nitrogens with one attached hydrogen (secondary N) is 1. The third-order valence-corrected chi connectivity index (χ3v) is 2.94. The number of allylic oxidation sites excluding steroid dienone is 1. The molecule has 0 aromatic heterocycles. The smallest absolute Gasteiger partial charge is 0.248 e. The predicted octanol–water partition coefficient (Wildman–Crippen LogP) is 1.57. The zero-order valence-electron chi connectivity index (χ0n) is 10.3. The van der Waals surface area contributed by atoms with Gasteiger partial charge in [0, 0.05) is 18.7 Å². The van der Waals surface area contributed by atoms with Crippen LogP contribution >= 0.6 is 0 Å². The van der Waals surface area contributed by atoms with Gasteiger partial charge in [-0.15, -0.1) is 0 Å². The van der Waals surface area contributed by atoms with Crippen molar-refractivity contribution in [2.75, 3.05) is 6.54 Å². The van der Waals surface area contributed by atoms with Crippen LogP contribution < -0.4 is 11.1 Å². The van der Waals surface area contributed by atoms with Crippen LogP contribution in [0.5, 0.6) is 0 Å². The molecule has 0 fully saturated rings. The highest BCUT2D eigenvalue weighted by molar-refractivity contribution is 5.92. The van der Waals surface area contributed by atoms with E-state index in [0.717, 1.165) is 24.9 Å². The highest BCUT2D eigenvalue weighted by atomic mass is 16.5. The molecule has 0 saturated carbocycles. The standard InChI is InChI=1S/C14H18N2O2/c15-14(17)12-5-3-4-11(8-12)9-16-10-13-6-1-2-7-18-13/h2-5,7-8,13,16H,1,6,9-10H2,(H2,15,17). The van der Waals surface area contributed by atoms with Gasteiger partial charge in [0.05, 0.1) is 6.26 Å². The van der Waals surface area contributed by atoms with Gasteiger partial charge < -0.3 is 15.8 Å². The fourth-order valence-electron chi connectivity index (χ4n) is 1.95. The maximum absolute atomic E-state index is 11.0. The lowest BCUT2D eigenvalue weighted by Gasteiger charge is -2.19. The number of hydrogen-bond donors (Lipinski definition) is 2. The summed E-state index contributed by atoms with van der Waals surface area (Å²) in [7, 11) is 0. The molecular formula is C14H18N2O2. The van der Waals surface area contributed by atoms with Crippen LogP contribution in [0.15, 0.2) is 36.6 Å². The fourth-order valence-corrected chi connectivity index (χ4v) is 1.95. The Hall–Kier alpha value is -1.81. The van der Waals surface area contributed by atoms with Gasteiger partial charge in [-0.25, -0.2) is 0 Å². The maximum atomic E-state index is 11.0. The van der Waals surface area contributed by atoms with Crippen LogP contribution in [0, 0.1) is 0 Å². The van der Waals surface area contributed by atoms with Crippen molar-refractivity contribution in [1.82, 2.24) is 5.32 Å². The minimum Gasteiger partial charge on any atom is -0.497 e. The largest absolute Gasteiger partial charge is 0.497 e. The van der Waals surface area contributed by atoms with E-state index in [2.05, 4.69) is 5.32 Å². The highest BCUT2D eigenvalue weighted by Gasteiger charge is 2.10. The first-order valence-electron chi connectivity index (χ1n) is 6.15. The van der Waals surface area contributed by atoms with Crippen molar-refractivity contribution in [3.8, 4) is 0 Å². The van der Waals surface area contributed by atoms with Crippen molar-refractivity contribution in [2.45, 2.75) is 25.5 Å². The second-order valence-corrected chi connectivity index (χ2v) is 4.40.